The molecule has 0 aromatic rings. The molecule has 0 aliphatic carbocycles. The Balaban J connectivity index is 1.90. The molecule has 0 aromatic carbocycles. The topological polar surface area (TPSA) is 52.7 Å². The first-order valence-corrected chi connectivity index (χ1v) is 9.94. The van der Waals surface area contributed by atoms with Crippen molar-refractivity contribution in [2.24, 2.45) is 5.92 Å². The van der Waals surface area contributed by atoms with Crippen LogP contribution < -0.4 is 5.32 Å². The molecule has 2 heterocycles. The first kappa shape index (κ1) is 17.2. The molecular formula is C15H31N3O2S. The third-order valence-electron chi connectivity index (χ3n) is 4.95. The zero-order chi connectivity index (χ0) is 15.3. The number of nitrogens with one attached hydrogen (secondary N) is 1. The molecule has 1 atom stereocenters. The second kappa shape index (κ2) is 7.90. The summed E-state index contributed by atoms with van der Waals surface area (Å²) in [4.78, 5) is 0. The molecule has 0 radical (unpaired) electrons. The Morgan fingerprint density at radius 3 is 2.05 bits per heavy atom. The van der Waals surface area contributed by atoms with E-state index in [0.717, 1.165) is 45.1 Å². The first-order valence-electron chi connectivity index (χ1n) is 8.54. The molecule has 2 aliphatic heterocycles. The quantitative estimate of drug-likeness (QED) is 0.841. The Hall–Kier alpha value is -0.170. The monoisotopic (exact) mass is 317 g/mol. The van der Waals surface area contributed by atoms with Crippen molar-refractivity contribution in [3.8, 4) is 0 Å². The lowest BCUT2D eigenvalue weighted by molar-refractivity contribution is 0.221. The lowest BCUT2D eigenvalue weighted by atomic mass is 9.91. The molecule has 5 nitrogen and oxygen atoms in total. The smallest absolute Gasteiger partial charge is 0.281 e. The lowest BCUT2D eigenvalue weighted by Crippen LogP contribution is -2.49. The van der Waals surface area contributed by atoms with Crippen LogP contribution in [0.3, 0.4) is 0 Å². The van der Waals surface area contributed by atoms with Crippen LogP contribution in [0.2, 0.25) is 0 Å². The van der Waals surface area contributed by atoms with Crippen LogP contribution in [0.25, 0.3) is 0 Å². The van der Waals surface area contributed by atoms with Crippen LogP contribution in [0.4, 0.5) is 0 Å². The molecule has 1 unspecified atom stereocenters. The number of piperidine rings is 1. The highest BCUT2D eigenvalue weighted by Gasteiger charge is 2.34. The summed E-state index contributed by atoms with van der Waals surface area (Å²) in [6.07, 6.45) is 6.28. The SMILES string of the molecule is CCNC(C)C1CCN(S(=O)(=O)N2CCCCCC2)CC1. The van der Waals surface area contributed by atoms with E-state index in [1.165, 1.54) is 0 Å². The van der Waals surface area contributed by atoms with Crippen molar-refractivity contribution in [3.63, 3.8) is 0 Å². The molecule has 2 saturated heterocycles. The average Bonchev–Trinajstić information content (AvgIpc) is 2.77. The van der Waals surface area contributed by atoms with Crippen molar-refractivity contribution < 1.29 is 8.42 Å². The minimum atomic E-state index is -3.22. The molecule has 0 spiro atoms. The molecule has 21 heavy (non-hydrogen) atoms. The lowest BCUT2D eigenvalue weighted by Gasteiger charge is -2.36. The van der Waals surface area contributed by atoms with E-state index < -0.39 is 10.2 Å². The minimum absolute atomic E-state index is 0.484. The van der Waals surface area contributed by atoms with Gasteiger partial charge in [-0.2, -0.15) is 17.0 Å². The average molecular weight is 317 g/mol. The summed E-state index contributed by atoms with van der Waals surface area (Å²) in [7, 11) is -3.22. The fourth-order valence-electron chi connectivity index (χ4n) is 3.53. The molecule has 2 aliphatic rings. The van der Waals surface area contributed by atoms with Gasteiger partial charge in [0.25, 0.3) is 10.2 Å². The van der Waals surface area contributed by atoms with E-state index in [2.05, 4.69) is 19.2 Å². The Kier molecular flexibility index (Phi) is 6.47. The summed E-state index contributed by atoms with van der Waals surface area (Å²) in [6.45, 7) is 8.08. The zero-order valence-corrected chi connectivity index (χ0v) is 14.4. The third kappa shape index (κ3) is 4.41. The van der Waals surface area contributed by atoms with Gasteiger partial charge in [0.15, 0.2) is 0 Å². The second-order valence-electron chi connectivity index (χ2n) is 6.40. The van der Waals surface area contributed by atoms with Gasteiger partial charge in [0.1, 0.15) is 0 Å². The van der Waals surface area contributed by atoms with Gasteiger partial charge >= 0.3 is 0 Å². The normalized spacial score (nSPS) is 25.6. The van der Waals surface area contributed by atoms with Gasteiger partial charge in [-0.25, -0.2) is 0 Å². The highest BCUT2D eigenvalue weighted by Crippen LogP contribution is 2.25. The number of hydrogen-bond acceptors (Lipinski definition) is 3. The van der Waals surface area contributed by atoms with E-state index in [-0.39, 0.29) is 0 Å². The summed E-state index contributed by atoms with van der Waals surface area (Å²) in [6, 6.07) is 0.484. The van der Waals surface area contributed by atoms with E-state index >= 15 is 0 Å². The Bertz CT molecular complexity index is 397. The number of rotatable bonds is 5. The fourth-order valence-corrected chi connectivity index (χ4v) is 5.25. The summed E-state index contributed by atoms with van der Waals surface area (Å²) >= 11 is 0. The third-order valence-corrected chi connectivity index (χ3v) is 6.98. The van der Waals surface area contributed by atoms with Crippen molar-refractivity contribution in [1.82, 2.24) is 13.9 Å². The van der Waals surface area contributed by atoms with Crippen molar-refractivity contribution in [3.05, 3.63) is 0 Å². The molecule has 0 aromatic heterocycles. The summed E-state index contributed by atoms with van der Waals surface area (Å²) < 4.78 is 28.9. The predicted molar refractivity (Wildman–Crippen MR) is 86.4 cm³/mol. The molecule has 0 bridgehead atoms. The van der Waals surface area contributed by atoms with Crippen LogP contribution in [0, 0.1) is 5.92 Å². The Labute approximate surface area is 130 Å². The molecule has 124 valence electrons. The molecule has 0 saturated carbocycles. The highest BCUT2D eigenvalue weighted by atomic mass is 32.2. The molecular weight excluding hydrogens is 286 g/mol. The van der Waals surface area contributed by atoms with Gasteiger partial charge in [0.2, 0.25) is 0 Å². The zero-order valence-electron chi connectivity index (χ0n) is 13.6. The predicted octanol–water partition coefficient (Wildman–Crippen LogP) is 1.82. The van der Waals surface area contributed by atoms with Crippen LogP contribution in [0.15, 0.2) is 0 Å². The largest absolute Gasteiger partial charge is 0.314 e. The van der Waals surface area contributed by atoms with E-state index in [1.807, 2.05) is 0 Å². The van der Waals surface area contributed by atoms with Gasteiger partial charge in [0.05, 0.1) is 0 Å². The van der Waals surface area contributed by atoms with E-state index in [0.29, 0.717) is 38.1 Å². The Morgan fingerprint density at radius 1 is 1.00 bits per heavy atom. The van der Waals surface area contributed by atoms with Gasteiger partial charge in [0, 0.05) is 32.2 Å². The number of hydrogen-bond donors (Lipinski definition) is 1. The maximum atomic E-state index is 12.7. The highest BCUT2D eigenvalue weighted by molar-refractivity contribution is 7.86. The van der Waals surface area contributed by atoms with Crippen LogP contribution in [-0.4, -0.2) is 55.8 Å². The van der Waals surface area contributed by atoms with Gasteiger partial charge < -0.3 is 5.32 Å². The van der Waals surface area contributed by atoms with Crippen molar-refractivity contribution in [1.29, 1.82) is 0 Å². The van der Waals surface area contributed by atoms with Gasteiger partial charge in [-0.3, -0.25) is 0 Å². The van der Waals surface area contributed by atoms with E-state index in [1.54, 1.807) is 8.61 Å². The molecule has 2 rings (SSSR count). The molecule has 6 heteroatoms. The molecule has 2 fully saturated rings. The van der Waals surface area contributed by atoms with E-state index in [4.69, 9.17) is 0 Å². The van der Waals surface area contributed by atoms with Crippen molar-refractivity contribution in [2.75, 3.05) is 32.7 Å². The van der Waals surface area contributed by atoms with Crippen molar-refractivity contribution in [2.45, 2.75) is 58.4 Å². The van der Waals surface area contributed by atoms with Gasteiger partial charge in [-0.05, 0) is 45.1 Å². The maximum absolute atomic E-state index is 12.7. The molecule has 0 amide bonds. The van der Waals surface area contributed by atoms with E-state index in [9.17, 15) is 8.42 Å². The van der Waals surface area contributed by atoms with Crippen molar-refractivity contribution >= 4 is 10.2 Å². The second-order valence-corrected chi connectivity index (χ2v) is 8.33. The standard InChI is InChI=1S/C15H31N3O2S/c1-3-16-14(2)15-8-12-18(13-9-15)21(19,20)17-10-6-4-5-7-11-17/h14-16H,3-13H2,1-2H3. The maximum Gasteiger partial charge on any atom is 0.281 e. The van der Waals surface area contributed by atoms with Gasteiger partial charge in [-0.1, -0.05) is 19.8 Å². The fraction of sp³-hybridized carbons (Fsp3) is 1.00. The van der Waals surface area contributed by atoms with Crippen LogP contribution in [0.1, 0.15) is 52.4 Å². The molecule has 1 N–H and O–H groups in total. The number of nitrogens with zero attached hydrogens (tertiary/aromatic N) is 2. The van der Waals surface area contributed by atoms with Crippen LogP contribution in [-0.2, 0) is 10.2 Å². The van der Waals surface area contributed by atoms with Crippen LogP contribution >= 0.6 is 0 Å². The summed E-state index contributed by atoms with van der Waals surface area (Å²) in [5.41, 5.74) is 0. The van der Waals surface area contributed by atoms with Crippen LogP contribution in [0.5, 0.6) is 0 Å². The first-order chi connectivity index (χ1) is 10.1. The summed E-state index contributed by atoms with van der Waals surface area (Å²) in [5.74, 6) is 0.598. The van der Waals surface area contributed by atoms with Gasteiger partial charge in [-0.15, -0.1) is 0 Å². The minimum Gasteiger partial charge on any atom is -0.314 e. The summed E-state index contributed by atoms with van der Waals surface area (Å²) in [5, 5.41) is 3.46. The Morgan fingerprint density at radius 2 is 1.52 bits per heavy atom.